The summed E-state index contributed by atoms with van der Waals surface area (Å²) in [6, 6.07) is 6.71. The first-order chi connectivity index (χ1) is 8.70. The highest BCUT2D eigenvalue weighted by Crippen LogP contribution is 2.24. The predicted octanol–water partition coefficient (Wildman–Crippen LogP) is 1.67. The van der Waals surface area contributed by atoms with E-state index in [4.69, 9.17) is 5.11 Å². The molecule has 0 unspecified atom stereocenters. The van der Waals surface area contributed by atoms with Crippen molar-refractivity contribution in [2.45, 2.75) is 31.7 Å². The van der Waals surface area contributed by atoms with Crippen LogP contribution in [0.2, 0.25) is 0 Å². The summed E-state index contributed by atoms with van der Waals surface area (Å²) in [5, 5.41) is 21.6. The number of benzene rings is 1. The Morgan fingerprint density at radius 1 is 1.22 bits per heavy atom. The van der Waals surface area contributed by atoms with Gasteiger partial charge in [0.05, 0.1) is 5.56 Å². The molecule has 0 aliphatic heterocycles. The van der Waals surface area contributed by atoms with E-state index in [9.17, 15) is 9.90 Å². The van der Waals surface area contributed by atoms with Gasteiger partial charge in [-0.3, -0.25) is 4.79 Å². The fourth-order valence-electron chi connectivity index (χ4n) is 2.42. The molecule has 2 rings (SSSR count). The van der Waals surface area contributed by atoms with Gasteiger partial charge in [-0.15, -0.1) is 0 Å². The van der Waals surface area contributed by atoms with Crippen molar-refractivity contribution in [1.82, 2.24) is 5.32 Å². The third kappa shape index (κ3) is 3.01. The molecule has 0 spiro atoms. The summed E-state index contributed by atoms with van der Waals surface area (Å²) in [6.07, 6.45) is 3.68. The highest BCUT2D eigenvalue weighted by molar-refractivity contribution is 5.96. The van der Waals surface area contributed by atoms with Crippen LogP contribution in [0.4, 0.5) is 0 Å². The van der Waals surface area contributed by atoms with Gasteiger partial charge in [-0.05, 0) is 43.7 Å². The summed E-state index contributed by atoms with van der Waals surface area (Å²) in [7, 11) is 0. The second-order valence-electron chi connectivity index (χ2n) is 4.89. The number of phenols is 1. The molecule has 1 aliphatic rings. The summed E-state index contributed by atoms with van der Waals surface area (Å²) in [5.41, 5.74) is 0.321. The lowest BCUT2D eigenvalue weighted by atomic mass is 9.86. The monoisotopic (exact) mass is 249 g/mol. The molecule has 1 saturated carbocycles. The van der Waals surface area contributed by atoms with Crippen molar-refractivity contribution in [3.63, 3.8) is 0 Å². The van der Waals surface area contributed by atoms with E-state index in [2.05, 4.69) is 5.32 Å². The number of hydrogen-bond donors (Lipinski definition) is 3. The van der Waals surface area contributed by atoms with Gasteiger partial charge in [-0.25, -0.2) is 0 Å². The normalized spacial score (nSPS) is 23.6. The summed E-state index contributed by atoms with van der Waals surface area (Å²) >= 11 is 0. The van der Waals surface area contributed by atoms with Gasteiger partial charge >= 0.3 is 0 Å². The molecule has 1 aromatic rings. The van der Waals surface area contributed by atoms with E-state index >= 15 is 0 Å². The van der Waals surface area contributed by atoms with Crippen molar-refractivity contribution in [2.24, 2.45) is 5.92 Å². The number of aliphatic hydroxyl groups excluding tert-OH is 1. The van der Waals surface area contributed by atoms with E-state index < -0.39 is 0 Å². The molecule has 0 atom stereocenters. The molecule has 1 aromatic carbocycles. The third-order valence-corrected chi connectivity index (χ3v) is 3.59. The topological polar surface area (TPSA) is 69.6 Å². The number of para-hydroxylation sites is 1. The Morgan fingerprint density at radius 2 is 1.89 bits per heavy atom. The van der Waals surface area contributed by atoms with E-state index in [0.29, 0.717) is 11.5 Å². The van der Waals surface area contributed by atoms with Crippen molar-refractivity contribution in [1.29, 1.82) is 0 Å². The van der Waals surface area contributed by atoms with Gasteiger partial charge < -0.3 is 15.5 Å². The Labute approximate surface area is 107 Å². The van der Waals surface area contributed by atoms with E-state index in [0.717, 1.165) is 25.7 Å². The highest BCUT2D eigenvalue weighted by atomic mass is 16.3. The lowest BCUT2D eigenvalue weighted by molar-refractivity contribution is 0.0911. The largest absolute Gasteiger partial charge is 0.507 e. The lowest BCUT2D eigenvalue weighted by Crippen LogP contribution is -2.38. The summed E-state index contributed by atoms with van der Waals surface area (Å²) in [4.78, 5) is 12.0. The Morgan fingerprint density at radius 3 is 2.50 bits per heavy atom. The molecular formula is C14H19NO3. The van der Waals surface area contributed by atoms with Crippen molar-refractivity contribution in [3.05, 3.63) is 29.8 Å². The van der Waals surface area contributed by atoms with Crippen LogP contribution in [-0.2, 0) is 0 Å². The molecule has 18 heavy (non-hydrogen) atoms. The average molecular weight is 249 g/mol. The first kappa shape index (κ1) is 12.9. The fraction of sp³-hybridized carbons (Fsp3) is 0.500. The maximum atomic E-state index is 12.0. The molecule has 0 radical (unpaired) electrons. The van der Waals surface area contributed by atoms with Crippen molar-refractivity contribution in [2.75, 3.05) is 6.61 Å². The average Bonchev–Trinajstić information content (AvgIpc) is 2.40. The summed E-state index contributed by atoms with van der Waals surface area (Å²) in [5.74, 6) is 0.169. The zero-order chi connectivity index (χ0) is 13.0. The van der Waals surface area contributed by atoms with Gasteiger partial charge in [0.25, 0.3) is 5.91 Å². The number of carbonyl (C=O) groups excluding carboxylic acids is 1. The van der Waals surface area contributed by atoms with Gasteiger partial charge in [0, 0.05) is 12.6 Å². The molecule has 4 nitrogen and oxygen atoms in total. The molecule has 0 saturated heterocycles. The Bertz CT molecular complexity index is 411. The third-order valence-electron chi connectivity index (χ3n) is 3.59. The van der Waals surface area contributed by atoms with E-state index in [1.54, 1.807) is 18.2 Å². The predicted molar refractivity (Wildman–Crippen MR) is 68.4 cm³/mol. The SMILES string of the molecule is O=C(NC1CCC(CO)CC1)c1ccccc1O. The molecule has 3 N–H and O–H groups in total. The van der Waals surface area contributed by atoms with Crippen molar-refractivity contribution in [3.8, 4) is 5.75 Å². The second-order valence-corrected chi connectivity index (χ2v) is 4.89. The smallest absolute Gasteiger partial charge is 0.255 e. The zero-order valence-electron chi connectivity index (χ0n) is 10.3. The number of aliphatic hydroxyl groups is 1. The quantitative estimate of drug-likeness (QED) is 0.763. The molecule has 0 aromatic heterocycles. The molecule has 98 valence electrons. The molecule has 1 aliphatic carbocycles. The van der Waals surface area contributed by atoms with Gasteiger partial charge in [0.2, 0.25) is 0 Å². The number of phenolic OH excluding ortho intramolecular Hbond substituents is 1. The van der Waals surface area contributed by atoms with Crippen molar-refractivity contribution < 1.29 is 15.0 Å². The fourth-order valence-corrected chi connectivity index (χ4v) is 2.42. The van der Waals surface area contributed by atoms with Crippen LogP contribution >= 0.6 is 0 Å². The van der Waals surface area contributed by atoms with Gasteiger partial charge in [-0.2, -0.15) is 0 Å². The maximum Gasteiger partial charge on any atom is 0.255 e. The van der Waals surface area contributed by atoms with Crippen LogP contribution in [0, 0.1) is 5.92 Å². The van der Waals surface area contributed by atoms with Gasteiger partial charge in [0.1, 0.15) is 5.75 Å². The van der Waals surface area contributed by atoms with Crippen LogP contribution in [-0.4, -0.2) is 28.8 Å². The zero-order valence-corrected chi connectivity index (χ0v) is 10.3. The number of aromatic hydroxyl groups is 1. The first-order valence-electron chi connectivity index (χ1n) is 6.40. The van der Waals surface area contributed by atoms with E-state index in [1.165, 1.54) is 6.07 Å². The minimum Gasteiger partial charge on any atom is -0.507 e. The minimum absolute atomic E-state index is 0.0130. The van der Waals surface area contributed by atoms with Gasteiger partial charge in [0.15, 0.2) is 0 Å². The summed E-state index contributed by atoms with van der Waals surface area (Å²) in [6.45, 7) is 0.236. The molecule has 4 heteroatoms. The number of amides is 1. The van der Waals surface area contributed by atoms with Crippen LogP contribution in [0.15, 0.2) is 24.3 Å². The molecule has 1 amide bonds. The Kier molecular flexibility index (Phi) is 4.20. The molecule has 0 bridgehead atoms. The van der Waals surface area contributed by atoms with Crippen LogP contribution < -0.4 is 5.32 Å². The minimum atomic E-state index is -0.222. The van der Waals surface area contributed by atoms with Crippen LogP contribution in [0.5, 0.6) is 5.75 Å². The summed E-state index contributed by atoms with van der Waals surface area (Å²) < 4.78 is 0. The highest BCUT2D eigenvalue weighted by Gasteiger charge is 2.22. The molecular weight excluding hydrogens is 230 g/mol. The molecule has 1 fully saturated rings. The van der Waals surface area contributed by atoms with Gasteiger partial charge in [-0.1, -0.05) is 12.1 Å². The van der Waals surface area contributed by atoms with E-state index in [1.807, 2.05) is 0 Å². The standard InChI is InChI=1S/C14H19NO3/c16-9-10-5-7-11(8-6-10)15-14(18)12-3-1-2-4-13(12)17/h1-4,10-11,16-17H,5-9H2,(H,15,18). The maximum absolute atomic E-state index is 12.0. The lowest BCUT2D eigenvalue weighted by Gasteiger charge is -2.28. The number of hydrogen-bond acceptors (Lipinski definition) is 3. The number of nitrogens with one attached hydrogen (secondary N) is 1. The molecule has 0 heterocycles. The Balaban J connectivity index is 1.91. The number of carbonyl (C=O) groups is 1. The van der Waals surface area contributed by atoms with Crippen LogP contribution in [0.1, 0.15) is 36.0 Å². The Hall–Kier alpha value is -1.55. The van der Waals surface area contributed by atoms with Crippen molar-refractivity contribution >= 4 is 5.91 Å². The number of rotatable bonds is 3. The van der Waals surface area contributed by atoms with E-state index in [-0.39, 0.29) is 24.3 Å². The van der Waals surface area contributed by atoms with Crippen LogP contribution in [0.3, 0.4) is 0 Å². The first-order valence-corrected chi connectivity index (χ1v) is 6.40. The second kappa shape index (κ2) is 5.87. The van der Waals surface area contributed by atoms with Crippen LogP contribution in [0.25, 0.3) is 0 Å².